The van der Waals surface area contributed by atoms with Crippen molar-refractivity contribution in [2.45, 2.75) is 48.6 Å². The van der Waals surface area contributed by atoms with E-state index in [9.17, 15) is 30.8 Å². The van der Waals surface area contributed by atoms with Gasteiger partial charge in [-0.1, -0.05) is 12.1 Å². The summed E-state index contributed by atoms with van der Waals surface area (Å²) in [5.41, 5.74) is 0.573. The lowest BCUT2D eigenvalue weighted by Gasteiger charge is -2.26. The average molecular weight is 745 g/mol. The molecule has 0 spiro atoms. The third kappa shape index (κ3) is 6.03. The fourth-order valence-corrected chi connectivity index (χ4v) is 8.78. The van der Waals surface area contributed by atoms with Gasteiger partial charge in [0.1, 0.15) is 29.6 Å². The molecule has 1 unspecified atom stereocenters. The van der Waals surface area contributed by atoms with Gasteiger partial charge in [-0.25, -0.2) is 31.0 Å². The molecule has 10 nitrogen and oxygen atoms in total. The van der Waals surface area contributed by atoms with Crippen molar-refractivity contribution in [3.05, 3.63) is 101 Å². The second kappa shape index (κ2) is 12.7. The van der Waals surface area contributed by atoms with Crippen LogP contribution < -0.4 is 5.32 Å². The first-order chi connectivity index (χ1) is 24.8. The molecule has 4 heterocycles. The summed E-state index contributed by atoms with van der Waals surface area (Å²) in [7, 11) is -3.83. The van der Waals surface area contributed by atoms with E-state index < -0.39 is 75.7 Å². The summed E-state index contributed by atoms with van der Waals surface area (Å²) in [5, 5.41) is 6.47. The lowest BCUT2D eigenvalue weighted by atomic mass is 9.95. The second-order valence-corrected chi connectivity index (χ2v) is 15.1. The maximum atomic E-state index is 15.2. The van der Waals surface area contributed by atoms with Crippen molar-refractivity contribution in [2.24, 2.45) is 5.92 Å². The fraction of sp³-hybridized carbons (Fsp3) is 0.343. The average Bonchev–Trinajstić information content (AvgIpc) is 3.52. The van der Waals surface area contributed by atoms with Crippen LogP contribution in [0.4, 0.5) is 26.3 Å². The Labute approximate surface area is 292 Å². The van der Waals surface area contributed by atoms with Crippen LogP contribution in [0.25, 0.3) is 22.2 Å². The number of aromatic nitrogens is 4. The van der Waals surface area contributed by atoms with Gasteiger partial charge in [0.05, 0.1) is 40.9 Å². The molecule has 0 radical (unpaired) electrons. The molecule has 2 fully saturated rings. The monoisotopic (exact) mass is 744 g/mol. The summed E-state index contributed by atoms with van der Waals surface area (Å²) in [6.07, 6.45) is -1.67. The van der Waals surface area contributed by atoms with Crippen LogP contribution >= 0.6 is 0 Å². The van der Waals surface area contributed by atoms with Crippen molar-refractivity contribution in [3.63, 3.8) is 0 Å². The predicted octanol–water partition coefficient (Wildman–Crippen LogP) is 5.97. The first kappa shape index (κ1) is 34.4. The maximum Gasteiger partial charge on any atom is 0.293 e. The molecule has 52 heavy (non-hydrogen) atoms. The molecule has 1 amide bonds. The maximum absolute atomic E-state index is 15.2. The summed E-state index contributed by atoms with van der Waals surface area (Å²) < 4.78 is 121. The van der Waals surface area contributed by atoms with Crippen molar-refractivity contribution in [1.82, 2.24) is 29.4 Å². The third-order valence-corrected chi connectivity index (χ3v) is 11.7. The van der Waals surface area contributed by atoms with Crippen LogP contribution in [0.1, 0.15) is 53.0 Å². The van der Waals surface area contributed by atoms with E-state index in [-0.39, 0.29) is 60.9 Å². The number of rotatable bonds is 10. The van der Waals surface area contributed by atoms with E-state index >= 15 is 8.78 Å². The molecule has 3 atom stereocenters. The zero-order valence-corrected chi connectivity index (χ0v) is 27.9. The molecule has 2 N–H and O–H groups in total. The molecule has 272 valence electrons. The molecule has 1 saturated carbocycles. The van der Waals surface area contributed by atoms with Crippen LogP contribution in [0.15, 0.2) is 65.7 Å². The van der Waals surface area contributed by atoms with E-state index in [1.54, 1.807) is 30.5 Å². The molecule has 2 aromatic carbocycles. The zero-order chi connectivity index (χ0) is 36.5. The van der Waals surface area contributed by atoms with E-state index in [2.05, 4.69) is 15.4 Å². The largest absolute Gasteiger partial charge is 0.379 e. The number of alkyl halides is 4. The molecular weight excluding hydrogens is 714 g/mol. The summed E-state index contributed by atoms with van der Waals surface area (Å²) in [5.74, 6) is -7.97. The number of ether oxygens (including phenoxy) is 1. The number of pyridine rings is 1. The van der Waals surface area contributed by atoms with Gasteiger partial charge in [0.15, 0.2) is 0 Å². The molecule has 2 aliphatic carbocycles. The SMILES string of the molecule is O=C(Cn1nc(C(F)F)c2c1C(F)(F)C1C[C@H]21)N[C@H](Cc1cc(F)cc(F)c1)c1nc2cc[nH]c2cc1-c1ccc(S(=O)(=O)N2CCOCC2)cc1. The van der Waals surface area contributed by atoms with E-state index in [0.29, 0.717) is 32.9 Å². The van der Waals surface area contributed by atoms with Gasteiger partial charge in [0.25, 0.3) is 12.3 Å². The first-order valence-electron chi connectivity index (χ1n) is 16.5. The molecule has 1 saturated heterocycles. The lowest BCUT2D eigenvalue weighted by Crippen LogP contribution is -2.40. The van der Waals surface area contributed by atoms with Gasteiger partial charge in [0, 0.05) is 42.4 Å². The highest BCUT2D eigenvalue weighted by atomic mass is 32.2. The highest BCUT2D eigenvalue weighted by Crippen LogP contribution is 2.68. The second-order valence-electron chi connectivity index (χ2n) is 13.2. The summed E-state index contributed by atoms with van der Waals surface area (Å²) in [6, 6.07) is 11.1. The van der Waals surface area contributed by atoms with Gasteiger partial charge in [-0.15, -0.1) is 0 Å². The molecule has 3 aromatic heterocycles. The Morgan fingerprint density at radius 1 is 1.02 bits per heavy atom. The molecule has 1 aliphatic heterocycles. The van der Waals surface area contributed by atoms with Crippen LogP contribution in [-0.2, 0) is 38.4 Å². The number of halogens is 6. The van der Waals surface area contributed by atoms with Crippen molar-refractivity contribution in [1.29, 1.82) is 0 Å². The van der Waals surface area contributed by atoms with Gasteiger partial charge in [-0.05, 0) is 66.3 Å². The van der Waals surface area contributed by atoms with Gasteiger partial charge in [0.2, 0.25) is 15.9 Å². The van der Waals surface area contributed by atoms with Gasteiger partial charge >= 0.3 is 0 Å². The number of benzene rings is 2. The molecule has 3 aliphatic rings. The smallest absolute Gasteiger partial charge is 0.293 e. The van der Waals surface area contributed by atoms with E-state index in [1.807, 2.05) is 0 Å². The Hall–Kier alpha value is -4.74. The quantitative estimate of drug-likeness (QED) is 0.170. The number of H-pyrrole nitrogens is 1. The fourth-order valence-electron chi connectivity index (χ4n) is 7.37. The lowest BCUT2D eigenvalue weighted by molar-refractivity contribution is -0.123. The Balaban J connectivity index is 1.17. The predicted molar refractivity (Wildman–Crippen MR) is 174 cm³/mol. The van der Waals surface area contributed by atoms with Gasteiger partial charge in [-0.3, -0.25) is 9.48 Å². The minimum absolute atomic E-state index is 0.0399. The standard InChI is InChI=1S/C35H30F6N6O4S/c36-20-11-18(12-21(37)14-20)13-28(43-29(48)17-47-33-30(32(45-47)34(38)39)24-15-25(24)35(33,40)41)31-23(16-27-26(44-31)5-6-42-27)19-1-3-22(4-2-19)52(49,50)46-7-9-51-10-8-46/h1-6,11-12,14,16,24-25,28,34,42H,7-10,13,15,17H2,(H,43,48)/t24-,25?,28+/m0/s1. The summed E-state index contributed by atoms with van der Waals surface area (Å²) >= 11 is 0. The summed E-state index contributed by atoms with van der Waals surface area (Å²) in [4.78, 5) is 21.6. The van der Waals surface area contributed by atoms with E-state index in [0.717, 1.165) is 12.1 Å². The molecule has 0 bridgehead atoms. The number of hydrogen-bond donors (Lipinski definition) is 2. The number of aromatic amines is 1. The van der Waals surface area contributed by atoms with Crippen molar-refractivity contribution < 1.29 is 44.3 Å². The first-order valence-corrected chi connectivity index (χ1v) is 17.9. The number of fused-ring (bicyclic) bond motifs is 4. The van der Waals surface area contributed by atoms with Crippen LogP contribution in [0.3, 0.4) is 0 Å². The Morgan fingerprint density at radius 2 is 1.73 bits per heavy atom. The minimum atomic E-state index is -3.83. The molecule has 5 aromatic rings. The van der Waals surface area contributed by atoms with Crippen LogP contribution in [0.5, 0.6) is 0 Å². The Morgan fingerprint density at radius 3 is 2.42 bits per heavy atom. The third-order valence-electron chi connectivity index (χ3n) is 9.82. The van der Waals surface area contributed by atoms with E-state index in [1.165, 1.54) is 16.4 Å². The number of nitrogens with zero attached hydrogens (tertiary/aromatic N) is 4. The normalized spacial score (nSPS) is 20.2. The number of hydrogen-bond acceptors (Lipinski definition) is 6. The number of nitrogens with one attached hydrogen (secondary N) is 2. The Bertz CT molecular complexity index is 2290. The topological polar surface area (TPSA) is 122 Å². The number of carbonyl (C=O) groups is 1. The van der Waals surface area contributed by atoms with Crippen LogP contribution in [-0.4, -0.2) is 64.7 Å². The minimum Gasteiger partial charge on any atom is -0.379 e. The number of morpholine rings is 1. The molecule has 17 heteroatoms. The van der Waals surface area contributed by atoms with Crippen LogP contribution in [0.2, 0.25) is 0 Å². The van der Waals surface area contributed by atoms with Crippen molar-refractivity contribution in [2.75, 3.05) is 26.3 Å². The van der Waals surface area contributed by atoms with Crippen molar-refractivity contribution in [3.8, 4) is 11.1 Å². The highest BCUT2D eigenvalue weighted by molar-refractivity contribution is 7.89. The summed E-state index contributed by atoms with van der Waals surface area (Å²) in [6.45, 7) is 0.101. The molecule has 8 rings (SSSR count). The van der Waals surface area contributed by atoms with Gasteiger partial charge < -0.3 is 15.0 Å². The van der Waals surface area contributed by atoms with Crippen molar-refractivity contribution >= 4 is 27.0 Å². The number of amides is 1. The number of sulfonamides is 1. The highest BCUT2D eigenvalue weighted by Gasteiger charge is 2.67. The zero-order valence-electron chi connectivity index (χ0n) is 27.1. The Kier molecular flexibility index (Phi) is 8.41. The number of carbonyl (C=O) groups excluding carboxylic acids is 1. The van der Waals surface area contributed by atoms with E-state index in [4.69, 9.17) is 9.72 Å². The molecular formula is C35H30F6N6O4S. The van der Waals surface area contributed by atoms with Crippen LogP contribution in [0, 0.1) is 17.6 Å². The van der Waals surface area contributed by atoms with Gasteiger partial charge in [-0.2, -0.15) is 18.2 Å².